The topological polar surface area (TPSA) is 58.2 Å². The average molecular weight is 367 g/mol. The second-order valence-corrected chi connectivity index (χ2v) is 5.86. The third-order valence-corrected chi connectivity index (χ3v) is 3.91. The van der Waals surface area contributed by atoms with Gasteiger partial charge in [0.25, 0.3) is 5.91 Å². The number of rotatable bonds is 6. The van der Waals surface area contributed by atoms with Crippen molar-refractivity contribution in [3.05, 3.63) is 70.2 Å². The van der Waals surface area contributed by atoms with E-state index in [9.17, 15) is 18.4 Å². The molecule has 132 valence electrons. The first-order valence-electron chi connectivity index (χ1n) is 7.65. The predicted octanol–water partition coefficient (Wildman–Crippen LogP) is 3.62. The first kappa shape index (κ1) is 18.9. The molecular weight excluding hydrogens is 350 g/mol. The Labute approximate surface area is 149 Å². The van der Waals surface area contributed by atoms with Gasteiger partial charge in [0.05, 0.1) is 16.6 Å². The SMILES string of the molecule is C[C@H](NC(=O)CCNC(=O)c1ccccc1Cl)c1ccc(F)c(F)c1. The fourth-order valence-corrected chi connectivity index (χ4v) is 2.43. The molecule has 2 rings (SSSR count). The molecule has 25 heavy (non-hydrogen) atoms. The number of carbonyl (C=O) groups is 2. The Morgan fingerprint density at radius 3 is 2.52 bits per heavy atom. The Morgan fingerprint density at radius 2 is 1.84 bits per heavy atom. The maximum atomic E-state index is 13.2. The van der Waals surface area contributed by atoms with Crippen LogP contribution in [0.4, 0.5) is 8.78 Å². The molecule has 0 heterocycles. The van der Waals surface area contributed by atoms with E-state index in [-0.39, 0.29) is 24.8 Å². The van der Waals surface area contributed by atoms with Crippen molar-refractivity contribution in [1.29, 1.82) is 0 Å². The van der Waals surface area contributed by atoms with Gasteiger partial charge in [-0.15, -0.1) is 0 Å². The smallest absolute Gasteiger partial charge is 0.252 e. The van der Waals surface area contributed by atoms with Crippen molar-refractivity contribution in [2.75, 3.05) is 6.54 Å². The average Bonchev–Trinajstić information content (AvgIpc) is 2.57. The Bertz CT molecular complexity index is 783. The molecule has 7 heteroatoms. The summed E-state index contributed by atoms with van der Waals surface area (Å²) in [6, 6.07) is 9.57. The maximum absolute atomic E-state index is 13.2. The van der Waals surface area contributed by atoms with Crippen LogP contribution in [0.1, 0.15) is 35.3 Å². The third kappa shape index (κ3) is 5.26. The van der Waals surface area contributed by atoms with Crippen LogP contribution < -0.4 is 10.6 Å². The highest BCUT2D eigenvalue weighted by molar-refractivity contribution is 6.33. The Hall–Kier alpha value is -2.47. The summed E-state index contributed by atoms with van der Waals surface area (Å²) >= 11 is 5.92. The Balaban J connectivity index is 1.81. The minimum Gasteiger partial charge on any atom is -0.351 e. The van der Waals surface area contributed by atoms with Crippen LogP contribution in [0.2, 0.25) is 5.02 Å². The van der Waals surface area contributed by atoms with Crippen LogP contribution in [0.5, 0.6) is 0 Å². The third-order valence-electron chi connectivity index (χ3n) is 3.58. The predicted molar refractivity (Wildman–Crippen MR) is 91.3 cm³/mol. The zero-order valence-electron chi connectivity index (χ0n) is 13.5. The summed E-state index contributed by atoms with van der Waals surface area (Å²) in [6.45, 7) is 1.79. The standard InChI is InChI=1S/C18H17ClF2N2O2/c1-11(12-6-7-15(20)16(21)10-12)23-17(24)8-9-22-18(25)13-4-2-3-5-14(13)19/h2-7,10-11H,8-9H2,1H3,(H,22,25)(H,23,24)/t11-/m0/s1. The van der Waals surface area contributed by atoms with E-state index in [1.54, 1.807) is 31.2 Å². The van der Waals surface area contributed by atoms with Crippen molar-refractivity contribution >= 4 is 23.4 Å². The molecule has 0 unspecified atom stereocenters. The van der Waals surface area contributed by atoms with Crippen LogP contribution in [0, 0.1) is 11.6 Å². The highest BCUT2D eigenvalue weighted by Crippen LogP contribution is 2.16. The van der Waals surface area contributed by atoms with Crippen LogP contribution in [-0.2, 0) is 4.79 Å². The number of hydrogen-bond donors (Lipinski definition) is 2. The molecule has 0 saturated carbocycles. The molecule has 0 aliphatic rings. The number of hydrogen-bond acceptors (Lipinski definition) is 2. The lowest BCUT2D eigenvalue weighted by Crippen LogP contribution is -2.32. The maximum Gasteiger partial charge on any atom is 0.252 e. The van der Waals surface area contributed by atoms with E-state index in [2.05, 4.69) is 10.6 Å². The van der Waals surface area contributed by atoms with Crippen molar-refractivity contribution in [2.45, 2.75) is 19.4 Å². The monoisotopic (exact) mass is 366 g/mol. The van der Waals surface area contributed by atoms with Gasteiger partial charge in [-0.1, -0.05) is 29.8 Å². The minimum atomic E-state index is -0.967. The normalized spacial score (nSPS) is 11.7. The molecule has 2 aromatic carbocycles. The van der Waals surface area contributed by atoms with E-state index in [4.69, 9.17) is 11.6 Å². The molecule has 2 N–H and O–H groups in total. The van der Waals surface area contributed by atoms with E-state index in [1.807, 2.05) is 0 Å². The minimum absolute atomic E-state index is 0.0458. The number of benzene rings is 2. The molecular formula is C18H17ClF2N2O2. The van der Waals surface area contributed by atoms with Crippen LogP contribution in [0.15, 0.2) is 42.5 Å². The van der Waals surface area contributed by atoms with Crippen molar-refractivity contribution in [1.82, 2.24) is 10.6 Å². The molecule has 2 aromatic rings. The molecule has 0 radical (unpaired) electrons. The fraction of sp³-hybridized carbons (Fsp3) is 0.222. The highest BCUT2D eigenvalue weighted by atomic mass is 35.5. The molecule has 0 fully saturated rings. The summed E-state index contributed by atoms with van der Waals surface area (Å²) in [6.07, 6.45) is 0.0458. The lowest BCUT2D eigenvalue weighted by molar-refractivity contribution is -0.121. The van der Waals surface area contributed by atoms with Crippen LogP contribution in [0.25, 0.3) is 0 Å². The number of amides is 2. The quantitative estimate of drug-likeness (QED) is 0.820. The van der Waals surface area contributed by atoms with Gasteiger partial charge in [-0.25, -0.2) is 8.78 Å². The van der Waals surface area contributed by atoms with Gasteiger partial charge in [-0.2, -0.15) is 0 Å². The number of carbonyl (C=O) groups excluding carboxylic acids is 2. The van der Waals surface area contributed by atoms with Crippen molar-refractivity contribution in [3.8, 4) is 0 Å². The lowest BCUT2D eigenvalue weighted by Gasteiger charge is -2.15. The summed E-state index contributed by atoms with van der Waals surface area (Å²) in [4.78, 5) is 23.9. The Kier molecular flexibility index (Phi) is 6.47. The summed E-state index contributed by atoms with van der Waals surface area (Å²) in [5, 5.41) is 5.60. The number of halogens is 3. The molecule has 0 aromatic heterocycles. The first-order chi connectivity index (χ1) is 11.9. The van der Waals surface area contributed by atoms with Crippen molar-refractivity contribution in [3.63, 3.8) is 0 Å². The van der Waals surface area contributed by atoms with Crippen LogP contribution in [0.3, 0.4) is 0 Å². The van der Waals surface area contributed by atoms with E-state index < -0.39 is 17.7 Å². The van der Waals surface area contributed by atoms with E-state index >= 15 is 0 Å². The molecule has 2 amide bonds. The van der Waals surface area contributed by atoms with Gasteiger partial charge in [-0.3, -0.25) is 9.59 Å². The van der Waals surface area contributed by atoms with Crippen molar-refractivity contribution in [2.24, 2.45) is 0 Å². The molecule has 0 spiro atoms. The number of nitrogens with one attached hydrogen (secondary N) is 2. The second-order valence-electron chi connectivity index (χ2n) is 5.45. The second kappa shape index (κ2) is 8.58. The fourth-order valence-electron chi connectivity index (χ4n) is 2.21. The van der Waals surface area contributed by atoms with Gasteiger partial charge in [0, 0.05) is 13.0 Å². The van der Waals surface area contributed by atoms with Gasteiger partial charge in [0.1, 0.15) is 0 Å². The van der Waals surface area contributed by atoms with Gasteiger partial charge in [-0.05, 0) is 36.8 Å². The molecule has 0 aliphatic carbocycles. The molecule has 0 saturated heterocycles. The largest absolute Gasteiger partial charge is 0.351 e. The van der Waals surface area contributed by atoms with Crippen molar-refractivity contribution < 1.29 is 18.4 Å². The Morgan fingerprint density at radius 1 is 1.12 bits per heavy atom. The molecule has 1 atom stereocenters. The molecule has 0 bridgehead atoms. The lowest BCUT2D eigenvalue weighted by atomic mass is 10.1. The zero-order valence-corrected chi connectivity index (χ0v) is 14.2. The summed E-state index contributed by atoms with van der Waals surface area (Å²) in [7, 11) is 0. The van der Waals surface area contributed by atoms with Crippen LogP contribution in [-0.4, -0.2) is 18.4 Å². The summed E-state index contributed by atoms with van der Waals surface area (Å²) in [5.41, 5.74) is 0.784. The van der Waals surface area contributed by atoms with Gasteiger partial charge in [0.2, 0.25) is 5.91 Å². The summed E-state index contributed by atoms with van der Waals surface area (Å²) in [5.74, 6) is -2.60. The van der Waals surface area contributed by atoms with Gasteiger partial charge < -0.3 is 10.6 Å². The highest BCUT2D eigenvalue weighted by Gasteiger charge is 2.13. The zero-order chi connectivity index (χ0) is 18.4. The molecule has 0 aliphatic heterocycles. The van der Waals surface area contributed by atoms with E-state index in [1.165, 1.54) is 6.07 Å². The summed E-state index contributed by atoms with van der Waals surface area (Å²) < 4.78 is 26.1. The van der Waals surface area contributed by atoms with Gasteiger partial charge >= 0.3 is 0 Å². The van der Waals surface area contributed by atoms with Crippen LogP contribution >= 0.6 is 11.6 Å². The van der Waals surface area contributed by atoms with E-state index in [0.717, 1.165) is 12.1 Å². The van der Waals surface area contributed by atoms with E-state index in [0.29, 0.717) is 16.1 Å². The molecule has 4 nitrogen and oxygen atoms in total. The first-order valence-corrected chi connectivity index (χ1v) is 8.03. The van der Waals surface area contributed by atoms with Gasteiger partial charge in [0.15, 0.2) is 11.6 Å².